The van der Waals surface area contributed by atoms with Gasteiger partial charge in [-0.25, -0.2) is 4.39 Å². The summed E-state index contributed by atoms with van der Waals surface area (Å²) in [4.78, 5) is 0. The summed E-state index contributed by atoms with van der Waals surface area (Å²) in [7, 11) is 0. The van der Waals surface area contributed by atoms with Crippen molar-refractivity contribution in [2.75, 3.05) is 0 Å². The molecule has 0 nitrogen and oxygen atoms in total. The van der Waals surface area contributed by atoms with Crippen LogP contribution in [0.1, 0.15) is 12.5 Å². The van der Waals surface area contributed by atoms with Crippen LogP contribution in [0.5, 0.6) is 0 Å². The molecule has 0 spiro atoms. The topological polar surface area (TPSA) is 0 Å². The van der Waals surface area contributed by atoms with Gasteiger partial charge in [0.2, 0.25) is 0 Å². The lowest BCUT2D eigenvalue weighted by Gasteiger charge is -2.08. The third-order valence-electron chi connectivity index (χ3n) is 4.78. The van der Waals surface area contributed by atoms with Gasteiger partial charge >= 0.3 is 0 Å². The van der Waals surface area contributed by atoms with Crippen LogP contribution in [-0.4, -0.2) is 0 Å². The average molecular weight is 361 g/mol. The van der Waals surface area contributed by atoms with E-state index < -0.39 is 5.82 Å². The van der Waals surface area contributed by atoms with E-state index >= 15 is 0 Å². The molecule has 0 aliphatic carbocycles. The Morgan fingerprint density at radius 1 is 0.654 bits per heavy atom. The molecule has 4 aromatic carbocycles. The number of benzene rings is 4. The van der Waals surface area contributed by atoms with Gasteiger partial charge in [-0.2, -0.15) is 0 Å². The second-order valence-electron chi connectivity index (χ2n) is 6.46. The highest BCUT2D eigenvalue weighted by atomic mass is 35.5. The number of aryl methyl sites for hydroxylation is 1. The summed E-state index contributed by atoms with van der Waals surface area (Å²) in [5.74, 6) is -0.394. The van der Waals surface area contributed by atoms with Gasteiger partial charge in [-0.15, -0.1) is 0 Å². The maximum atomic E-state index is 13.7. The van der Waals surface area contributed by atoms with Crippen LogP contribution in [0.3, 0.4) is 0 Å². The van der Waals surface area contributed by atoms with E-state index in [2.05, 4.69) is 55.5 Å². The van der Waals surface area contributed by atoms with Crippen molar-refractivity contribution in [3.8, 4) is 22.3 Å². The van der Waals surface area contributed by atoms with Crippen molar-refractivity contribution in [1.29, 1.82) is 0 Å². The highest BCUT2D eigenvalue weighted by Crippen LogP contribution is 2.29. The van der Waals surface area contributed by atoms with Gasteiger partial charge in [-0.3, -0.25) is 0 Å². The van der Waals surface area contributed by atoms with Gasteiger partial charge in [0.15, 0.2) is 0 Å². The van der Waals surface area contributed by atoms with Gasteiger partial charge < -0.3 is 0 Å². The second kappa shape index (κ2) is 6.93. The van der Waals surface area contributed by atoms with E-state index in [1.807, 2.05) is 18.2 Å². The molecule has 0 fully saturated rings. The second-order valence-corrected chi connectivity index (χ2v) is 6.86. The fourth-order valence-corrected chi connectivity index (χ4v) is 3.34. The van der Waals surface area contributed by atoms with Crippen LogP contribution in [0.4, 0.5) is 4.39 Å². The van der Waals surface area contributed by atoms with Crippen molar-refractivity contribution >= 4 is 22.4 Å². The minimum atomic E-state index is -0.394. The molecule has 128 valence electrons. The minimum absolute atomic E-state index is 0.146. The van der Waals surface area contributed by atoms with Crippen molar-refractivity contribution in [3.05, 3.63) is 95.3 Å². The number of hydrogen-bond acceptors (Lipinski definition) is 0. The Labute approximate surface area is 157 Å². The summed E-state index contributed by atoms with van der Waals surface area (Å²) in [5, 5.41) is 2.65. The predicted octanol–water partition coefficient (Wildman–Crippen LogP) is 7.53. The Hall–Kier alpha value is -2.64. The Morgan fingerprint density at radius 2 is 1.19 bits per heavy atom. The number of fused-ring (bicyclic) bond motifs is 1. The van der Waals surface area contributed by atoms with Gasteiger partial charge in [-0.1, -0.05) is 79.2 Å². The molecule has 0 aliphatic heterocycles. The van der Waals surface area contributed by atoms with Gasteiger partial charge in [0.05, 0.1) is 5.02 Å². The van der Waals surface area contributed by atoms with Gasteiger partial charge in [0, 0.05) is 0 Å². The quantitative estimate of drug-likeness (QED) is 0.354. The molecule has 0 unspecified atom stereocenters. The number of halogens is 2. The molecule has 0 heterocycles. The molecule has 26 heavy (non-hydrogen) atoms. The monoisotopic (exact) mass is 360 g/mol. The van der Waals surface area contributed by atoms with Crippen LogP contribution in [0.15, 0.2) is 78.9 Å². The molecule has 0 atom stereocenters. The summed E-state index contributed by atoms with van der Waals surface area (Å²) in [6.07, 6.45) is 1.05. The standard InChI is InChI=1S/C24H18ClF/c1-2-16-3-4-21-14-20(10-9-19(21)13-16)17-5-7-18(8-6-17)22-11-12-23(25)24(26)15-22/h3-15H,2H2,1H3. The van der Waals surface area contributed by atoms with Crippen LogP contribution in [-0.2, 0) is 6.42 Å². The summed E-state index contributed by atoms with van der Waals surface area (Å²) < 4.78 is 13.7. The van der Waals surface area contributed by atoms with E-state index in [0.29, 0.717) is 0 Å². The molecule has 0 amide bonds. The van der Waals surface area contributed by atoms with Crippen LogP contribution < -0.4 is 0 Å². The maximum absolute atomic E-state index is 13.7. The predicted molar refractivity (Wildman–Crippen MR) is 109 cm³/mol. The van der Waals surface area contributed by atoms with Crippen molar-refractivity contribution in [2.24, 2.45) is 0 Å². The fraction of sp³-hybridized carbons (Fsp3) is 0.0833. The van der Waals surface area contributed by atoms with Crippen molar-refractivity contribution in [2.45, 2.75) is 13.3 Å². The summed E-state index contributed by atoms with van der Waals surface area (Å²) in [6.45, 7) is 2.17. The average Bonchev–Trinajstić information content (AvgIpc) is 2.69. The first-order valence-corrected chi connectivity index (χ1v) is 9.10. The van der Waals surface area contributed by atoms with Crippen LogP contribution >= 0.6 is 11.6 Å². The lowest BCUT2D eigenvalue weighted by Crippen LogP contribution is -1.84. The highest BCUT2D eigenvalue weighted by molar-refractivity contribution is 6.30. The minimum Gasteiger partial charge on any atom is -0.205 e. The van der Waals surface area contributed by atoms with Gasteiger partial charge in [0.25, 0.3) is 0 Å². The Morgan fingerprint density at radius 3 is 1.85 bits per heavy atom. The molecule has 0 N–H and O–H groups in total. The van der Waals surface area contributed by atoms with Crippen LogP contribution in [0.2, 0.25) is 5.02 Å². The molecule has 0 aliphatic rings. The van der Waals surface area contributed by atoms with E-state index in [-0.39, 0.29) is 5.02 Å². The highest BCUT2D eigenvalue weighted by Gasteiger charge is 2.05. The molecule has 0 bridgehead atoms. The maximum Gasteiger partial charge on any atom is 0.142 e. The summed E-state index contributed by atoms with van der Waals surface area (Å²) >= 11 is 5.77. The molecule has 0 aromatic heterocycles. The Balaban J connectivity index is 1.67. The summed E-state index contributed by atoms with van der Waals surface area (Å²) in [6, 6.07) is 26.2. The van der Waals surface area contributed by atoms with E-state index in [1.54, 1.807) is 6.07 Å². The van der Waals surface area contributed by atoms with Gasteiger partial charge in [-0.05, 0) is 63.2 Å². The molecular formula is C24H18ClF. The smallest absolute Gasteiger partial charge is 0.142 e. The first-order valence-electron chi connectivity index (χ1n) is 8.72. The third-order valence-corrected chi connectivity index (χ3v) is 5.09. The summed E-state index contributed by atoms with van der Waals surface area (Å²) in [5.41, 5.74) is 5.46. The lowest BCUT2D eigenvalue weighted by molar-refractivity contribution is 0.629. The number of rotatable bonds is 3. The lowest BCUT2D eigenvalue weighted by atomic mass is 9.97. The van der Waals surface area contributed by atoms with Gasteiger partial charge in [0.1, 0.15) is 5.82 Å². The number of hydrogen-bond donors (Lipinski definition) is 0. The zero-order valence-corrected chi connectivity index (χ0v) is 15.2. The molecule has 4 rings (SSSR count). The molecule has 0 saturated heterocycles. The van der Waals surface area contributed by atoms with Crippen molar-refractivity contribution in [1.82, 2.24) is 0 Å². The Bertz CT molecular complexity index is 1080. The van der Waals surface area contributed by atoms with E-state index in [4.69, 9.17) is 11.6 Å². The molecule has 2 heteroatoms. The van der Waals surface area contributed by atoms with E-state index in [0.717, 1.165) is 23.1 Å². The Kier molecular flexibility index (Phi) is 4.48. The largest absolute Gasteiger partial charge is 0.205 e. The molecule has 0 saturated carbocycles. The zero-order chi connectivity index (χ0) is 18.1. The molecule has 0 radical (unpaired) electrons. The van der Waals surface area contributed by atoms with Crippen molar-refractivity contribution < 1.29 is 4.39 Å². The van der Waals surface area contributed by atoms with E-state index in [1.165, 1.54) is 28.0 Å². The fourth-order valence-electron chi connectivity index (χ4n) is 3.23. The molecular weight excluding hydrogens is 343 g/mol. The SMILES string of the molecule is CCc1ccc2cc(-c3ccc(-c4ccc(Cl)c(F)c4)cc3)ccc2c1. The third kappa shape index (κ3) is 3.23. The first-order chi connectivity index (χ1) is 12.6. The van der Waals surface area contributed by atoms with Crippen LogP contribution in [0.25, 0.3) is 33.0 Å². The normalized spacial score (nSPS) is 11.0. The van der Waals surface area contributed by atoms with Crippen LogP contribution in [0, 0.1) is 5.82 Å². The molecule has 4 aromatic rings. The first kappa shape index (κ1) is 16.8. The zero-order valence-electron chi connectivity index (χ0n) is 14.5. The van der Waals surface area contributed by atoms with Crippen molar-refractivity contribution in [3.63, 3.8) is 0 Å². The van der Waals surface area contributed by atoms with E-state index in [9.17, 15) is 4.39 Å².